The van der Waals surface area contributed by atoms with Crippen LogP contribution in [0.25, 0.3) is 6.08 Å². The van der Waals surface area contributed by atoms with Crippen molar-refractivity contribution in [3.63, 3.8) is 0 Å². The summed E-state index contributed by atoms with van der Waals surface area (Å²) < 4.78 is 23.3. The number of methoxy groups -OCH3 is 1. The lowest BCUT2D eigenvalue weighted by Gasteiger charge is -2.15. The van der Waals surface area contributed by atoms with Gasteiger partial charge in [-0.1, -0.05) is 29.8 Å². The monoisotopic (exact) mass is 722 g/mol. The van der Waals surface area contributed by atoms with Gasteiger partial charge in [0.2, 0.25) is 0 Å². The number of nitrogens with one attached hydrogen (secondary N) is 1. The topological polar surface area (TPSA) is 103 Å². The van der Waals surface area contributed by atoms with Gasteiger partial charge < -0.3 is 24.3 Å². The Morgan fingerprint density at radius 2 is 1.81 bits per heavy atom. The number of benzene rings is 3. The van der Waals surface area contributed by atoms with E-state index >= 15 is 0 Å². The van der Waals surface area contributed by atoms with Crippen molar-refractivity contribution in [1.29, 1.82) is 0 Å². The molecule has 1 N–H and O–H groups in total. The first kappa shape index (κ1) is 31.5. The minimum absolute atomic E-state index is 0.0887. The summed E-state index contributed by atoms with van der Waals surface area (Å²) in [6.45, 7) is 4.02. The van der Waals surface area contributed by atoms with Crippen LogP contribution < -0.4 is 24.3 Å². The number of ether oxygens (including phenoxy) is 4. The first-order chi connectivity index (χ1) is 20.2. The van der Waals surface area contributed by atoms with Crippen LogP contribution in [0.4, 0.5) is 10.5 Å². The van der Waals surface area contributed by atoms with Gasteiger partial charge in [-0.15, -0.1) is 0 Å². The van der Waals surface area contributed by atoms with Crippen molar-refractivity contribution in [2.45, 2.75) is 13.8 Å². The summed E-state index contributed by atoms with van der Waals surface area (Å²) in [5, 5.41) is 2.93. The Bertz CT molecular complexity index is 1530. The average Bonchev–Trinajstić information content (AvgIpc) is 3.22. The van der Waals surface area contributed by atoms with Crippen LogP contribution in [0.5, 0.6) is 23.0 Å². The molecule has 0 aromatic heterocycles. The molecule has 0 bridgehead atoms. The van der Waals surface area contributed by atoms with Crippen LogP contribution >= 0.6 is 46.0 Å². The van der Waals surface area contributed by atoms with Gasteiger partial charge in [0.15, 0.2) is 29.6 Å². The van der Waals surface area contributed by atoms with Gasteiger partial charge >= 0.3 is 0 Å². The molecule has 0 spiro atoms. The zero-order valence-corrected chi connectivity index (χ0v) is 26.8. The van der Waals surface area contributed by atoms with Crippen molar-refractivity contribution < 1.29 is 33.3 Å². The number of aryl methyl sites for hydroxylation is 1. The fraction of sp³-hybridized carbons (Fsp3) is 0.233. The van der Waals surface area contributed by atoms with Gasteiger partial charge in [0.05, 0.1) is 28.7 Å². The second kappa shape index (κ2) is 14.7. The number of amides is 3. The molecule has 0 aliphatic carbocycles. The Morgan fingerprint density at radius 1 is 1.05 bits per heavy atom. The van der Waals surface area contributed by atoms with E-state index in [-0.39, 0.29) is 35.8 Å². The third kappa shape index (κ3) is 7.90. The number of para-hydroxylation sites is 2. The first-order valence-electron chi connectivity index (χ1n) is 12.9. The van der Waals surface area contributed by atoms with Gasteiger partial charge in [0.25, 0.3) is 17.1 Å². The van der Waals surface area contributed by atoms with E-state index in [4.69, 9.17) is 30.5 Å². The molecule has 42 heavy (non-hydrogen) atoms. The lowest BCUT2D eigenvalue weighted by atomic mass is 10.2. The highest BCUT2D eigenvalue weighted by molar-refractivity contribution is 14.1. The normalized spacial score (nSPS) is 13.8. The molecular weight excluding hydrogens is 695 g/mol. The van der Waals surface area contributed by atoms with Gasteiger partial charge in [-0.2, -0.15) is 0 Å². The average molecular weight is 723 g/mol. The van der Waals surface area contributed by atoms with Crippen molar-refractivity contribution in [1.82, 2.24) is 4.90 Å². The molecule has 1 aliphatic heterocycles. The summed E-state index contributed by atoms with van der Waals surface area (Å²) in [6, 6.07) is 15.9. The quantitative estimate of drug-likeness (QED) is 0.161. The van der Waals surface area contributed by atoms with Crippen molar-refractivity contribution in [2.75, 3.05) is 38.8 Å². The van der Waals surface area contributed by atoms with E-state index in [1.807, 2.05) is 32.0 Å². The van der Waals surface area contributed by atoms with Crippen LogP contribution in [0.1, 0.15) is 18.1 Å². The highest BCUT2D eigenvalue weighted by atomic mass is 127. The standard InChI is InChI=1S/C30H28ClIN2O7S/c1-4-39-25-14-19(13-22(32)28(25)41-17-27(35)33-20-10-9-18(2)21(31)16-20)15-26-29(36)34(30(37)42-26)11-12-40-24-8-6-5-7-23(24)38-3/h5-10,13-16H,4,11-12,17H2,1-3H3,(H,33,35)/b26-15-. The largest absolute Gasteiger partial charge is 0.493 e. The molecule has 1 fully saturated rings. The number of halogens is 2. The van der Waals surface area contributed by atoms with E-state index in [1.54, 1.807) is 49.6 Å². The lowest BCUT2D eigenvalue weighted by Crippen LogP contribution is -2.32. The third-order valence-electron chi connectivity index (χ3n) is 5.95. The predicted octanol–water partition coefficient (Wildman–Crippen LogP) is 6.79. The first-order valence-corrected chi connectivity index (χ1v) is 15.1. The van der Waals surface area contributed by atoms with Gasteiger partial charge in [-0.3, -0.25) is 19.3 Å². The zero-order valence-electron chi connectivity index (χ0n) is 23.1. The fourth-order valence-electron chi connectivity index (χ4n) is 3.91. The number of hydrogen-bond donors (Lipinski definition) is 1. The maximum Gasteiger partial charge on any atom is 0.293 e. The summed E-state index contributed by atoms with van der Waals surface area (Å²) in [5.74, 6) is 1.13. The molecular formula is C30H28ClIN2O7S. The molecule has 3 aromatic carbocycles. The molecule has 3 amide bonds. The Kier molecular flexibility index (Phi) is 11.0. The van der Waals surface area contributed by atoms with Crippen LogP contribution in [0.2, 0.25) is 5.02 Å². The summed E-state index contributed by atoms with van der Waals surface area (Å²) in [5.41, 5.74) is 2.11. The summed E-state index contributed by atoms with van der Waals surface area (Å²) in [4.78, 5) is 39.6. The highest BCUT2D eigenvalue weighted by Crippen LogP contribution is 2.37. The summed E-state index contributed by atoms with van der Waals surface area (Å²) in [6.07, 6.45) is 1.63. The van der Waals surface area contributed by atoms with Crippen molar-refractivity contribution in [2.24, 2.45) is 0 Å². The van der Waals surface area contributed by atoms with E-state index in [0.29, 0.717) is 49.4 Å². The lowest BCUT2D eigenvalue weighted by molar-refractivity contribution is -0.123. The molecule has 0 saturated carbocycles. The maximum atomic E-state index is 13.0. The van der Waals surface area contributed by atoms with E-state index in [2.05, 4.69) is 27.9 Å². The van der Waals surface area contributed by atoms with Gasteiger partial charge in [0, 0.05) is 10.7 Å². The van der Waals surface area contributed by atoms with Gasteiger partial charge in [-0.25, -0.2) is 0 Å². The maximum absolute atomic E-state index is 13.0. The smallest absolute Gasteiger partial charge is 0.293 e. The Balaban J connectivity index is 1.42. The Labute approximate surface area is 266 Å². The molecule has 12 heteroatoms. The molecule has 0 atom stereocenters. The molecule has 0 radical (unpaired) electrons. The van der Waals surface area contributed by atoms with Crippen LogP contribution in [-0.4, -0.2) is 55.4 Å². The molecule has 4 rings (SSSR count). The van der Waals surface area contributed by atoms with E-state index < -0.39 is 5.91 Å². The van der Waals surface area contributed by atoms with Gasteiger partial charge in [-0.05, 0) is 102 Å². The van der Waals surface area contributed by atoms with Crippen molar-refractivity contribution in [3.8, 4) is 23.0 Å². The Hall–Kier alpha value is -3.42. The molecule has 9 nitrogen and oxygen atoms in total. The van der Waals surface area contributed by atoms with Crippen LogP contribution in [0.3, 0.4) is 0 Å². The second-order valence-electron chi connectivity index (χ2n) is 8.90. The zero-order chi connectivity index (χ0) is 30.2. The molecule has 0 unspecified atom stereocenters. The summed E-state index contributed by atoms with van der Waals surface area (Å²) >= 11 is 9.08. The number of carbonyl (C=O) groups is 3. The number of thioether (sulfide) groups is 1. The third-order valence-corrected chi connectivity index (χ3v) is 8.06. The SMILES string of the molecule is CCOc1cc(/C=C2\SC(=O)N(CCOc3ccccc3OC)C2=O)cc(I)c1OCC(=O)Nc1ccc(C)c(Cl)c1. The second-order valence-corrected chi connectivity index (χ2v) is 11.5. The number of anilines is 1. The fourth-order valence-corrected chi connectivity index (χ4v) is 5.74. The number of nitrogens with zero attached hydrogens (tertiary/aromatic N) is 1. The molecule has 3 aromatic rings. The predicted molar refractivity (Wildman–Crippen MR) is 172 cm³/mol. The highest BCUT2D eigenvalue weighted by Gasteiger charge is 2.35. The molecule has 1 heterocycles. The van der Waals surface area contributed by atoms with Crippen LogP contribution in [0, 0.1) is 10.5 Å². The number of carbonyl (C=O) groups excluding carboxylic acids is 3. The molecule has 1 aliphatic rings. The molecule has 220 valence electrons. The number of rotatable bonds is 12. The number of hydrogen-bond acceptors (Lipinski definition) is 8. The van der Waals surface area contributed by atoms with E-state index in [1.165, 1.54) is 0 Å². The van der Waals surface area contributed by atoms with Crippen LogP contribution in [0.15, 0.2) is 59.5 Å². The minimum atomic E-state index is -0.408. The van der Waals surface area contributed by atoms with E-state index in [0.717, 1.165) is 22.2 Å². The van der Waals surface area contributed by atoms with Crippen LogP contribution in [-0.2, 0) is 9.59 Å². The Morgan fingerprint density at radius 3 is 2.52 bits per heavy atom. The summed E-state index contributed by atoms with van der Waals surface area (Å²) in [7, 11) is 1.54. The number of imide groups is 1. The van der Waals surface area contributed by atoms with Crippen molar-refractivity contribution in [3.05, 3.63) is 79.2 Å². The molecule has 1 saturated heterocycles. The van der Waals surface area contributed by atoms with Crippen molar-refractivity contribution >= 4 is 74.8 Å². The minimum Gasteiger partial charge on any atom is -0.493 e. The van der Waals surface area contributed by atoms with Gasteiger partial charge in [0.1, 0.15) is 6.61 Å². The van der Waals surface area contributed by atoms with E-state index in [9.17, 15) is 14.4 Å².